The van der Waals surface area contributed by atoms with E-state index in [-0.39, 0.29) is 18.0 Å². The van der Waals surface area contributed by atoms with Crippen molar-refractivity contribution in [1.29, 1.82) is 0 Å². The number of hydrogen-bond acceptors (Lipinski definition) is 3. The van der Waals surface area contributed by atoms with E-state index in [2.05, 4.69) is 29.6 Å². The number of benzene rings is 2. The van der Waals surface area contributed by atoms with Gasteiger partial charge >= 0.3 is 6.03 Å². The van der Waals surface area contributed by atoms with E-state index in [0.717, 1.165) is 43.8 Å². The molecule has 2 aromatic rings. The highest BCUT2D eigenvalue weighted by atomic mass is 16.5. The van der Waals surface area contributed by atoms with E-state index in [1.54, 1.807) is 4.90 Å². The van der Waals surface area contributed by atoms with Crippen LogP contribution in [0, 0.1) is 5.92 Å². The molecule has 0 spiro atoms. The highest BCUT2D eigenvalue weighted by Crippen LogP contribution is 2.25. The molecule has 0 radical (unpaired) electrons. The topological polar surface area (TPSA) is 61.9 Å². The molecule has 0 unspecified atom stereocenters. The second-order valence-corrected chi connectivity index (χ2v) is 8.40. The molecule has 164 valence electrons. The summed E-state index contributed by atoms with van der Waals surface area (Å²) in [7, 11) is 0. The molecular formula is C25H31N3O3. The van der Waals surface area contributed by atoms with Crippen LogP contribution in [0.5, 0.6) is 5.75 Å². The number of hydrogen-bond donors (Lipinski definition) is 1. The summed E-state index contributed by atoms with van der Waals surface area (Å²) in [5, 5.41) is 3.07. The highest BCUT2D eigenvalue weighted by Gasteiger charge is 2.33. The summed E-state index contributed by atoms with van der Waals surface area (Å²) < 4.78 is 5.47. The average Bonchev–Trinajstić information content (AvgIpc) is 3.15. The van der Waals surface area contributed by atoms with Gasteiger partial charge in [-0.25, -0.2) is 4.79 Å². The minimum Gasteiger partial charge on any atom is -0.494 e. The van der Waals surface area contributed by atoms with Gasteiger partial charge in [0.05, 0.1) is 12.6 Å². The standard InChI is InChI=1S/C25H31N3O3/c1-2-31-23-10-8-22(9-11-23)28-18-21(17-24(28)29)26-25(30)27-14-12-20(13-15-27)16-19-6-4-3-5-7-19/h3-11,20-21H,2,12-18H2,1H3,(H,26,30)/t21-/m1/s1. The van der Waals surface area contributed by atoms with E-state index in [0.29, 0.717) is 25.5 Å². The molecule has 6 heteroatoms. The van der Waals surface area contributed by atoms with E-state index in [1.165, 1.54) is 5.56 Å². The fraction of sp³-hybridized carbons (Fsp3) is 0.440. The summed E-state index contributed by atoms with van der Waals surface area (Å²) in [5.41, 5.74) is 2.20. The number of carbonyl (C=O) groups excluding carboxylic acids is 2. The van der Waals surface area contributed by atoms with Crippen molar-refractivity contribution in [3.63, 3.8) is 0 Å². The number of ether oxygens (including phenoxy) is 1. The second-order valence-electron chi connectivity index (χ2n) is 8.40. The lowest BCUT2D eigenvalue weighted by Gasteiger charge is -2.33. The lowest BCUT2D eigenvalue weighted by atomic mass is 9.90. The molecule has 1 atom stereocenters. The Balaban J connectivity index is 1.25. The molecule has 2 aromatic carbocycles. The van der Waals surface area contributed by atoms with E-state index >= 15 is 0 Å². The van der Waals surface area contributed by atoms with Gasteiger partial charge in [-0.05, 0) is 61.9 Å². The van der Waals surface area contributed by atoms with Gasteiger partial charge in [0.25, 0.3) is 0 Å². The normalized spacial score (nSPS) is 19.5. The number of likely N-dealkylation sites (tertiary alicyclic amines) is 1. The molecule has 0 aliphatic carbocycles. The smallest absolute Gasteiger partial charge is 0.317 e. The van der Waals surface area contributed by atoms with Crippen LogP contribution < -0.4 is 15.0 Å². The number of urea groups is 1. The number of anilines is 1. The molecule has 2 saturated heterocycles. The van der Waals surface area contributed by atoms with E-state index in [9.17, 15) is 9.59 Å². The van der Waals surface area contributed by atoms with Gasteiger partial charge in [-0.3, -0.25) is 4.79 Å². The number of rotatable bonds is 6. The van der Waals surface area contributed by atoms with Crippen molar-refractivity contribution < 1.29 is 14.3 Å². The Morgan fingerprint density at radius 1 is 1.06 bits per heavy atom. The summed E-state index contributed by atoms with van der Waals surface area (Å²) in [4.78, 5) is 28.9. The van der Waals surface area contributed by atoms with Crippen molar-refractivity contribution in [3.05, 3.63) is 60.2 Å². The molecule has 2 aliphatic heterocycles. The molecule has 0 aromatic heterocycles. The van der Waals surface area contributed by atoms with Crippen molar-refractivity contribution in [2.45, 2.75) is 38.6 Å². The van der Waals surface area contributed by atoms with Crippen molar-refractivity contribution in [1.82, 2.24) is 10.2 Å². The third-order valence-corrected chi connectivity index (χ3v) is 6.18. The summed E-state index contributed by atoms with van der Waals surface area (Å²) >= 11 is 0. The predicted octanol–water partition coefficient (Wildman–Crippen LogP) is 3.85. The summed E-state index contributed by atoms with van der Waals surface area (Å²) in [6.07, 6.45) is 3.45. The molecule has 2 fully saturated rings. The maximum absolute atomic E-state index is 12.8. The third kappa shape index (κ3) is 5.37. The van der Waals surface area contributed by atoms with Crippen molar-refractivity contribution >= 4 is 17.6 Å². The minimum atomic E-state index is -0.159. The average molecular weight is 422 g/mol. The second kappa shape index (κ2) is 9.86. The minimum absolute atomic E-state index is 0.0380. The van der Waals surface area contributed by atoms with Crippen LogP contribution in [0.3, 0.4) is 0 Å². The largest absolute Gasteiger partial charge is 0.494 e. The SMILES string of the molecule is CCOc1ccc(N2C[C@H](NC(=O)N3CCC(Cc4ccccc4)CC3)CC2=O)cc1. The van der Waals surface area contributed by atoms with Gasteiger partial charge in [0.1, 0.15) is 5.75 Å². The molecule has 3 amide bonds. The number of carbonyl (C=O) groups is 2. The predicted molar refractivity (Wildman–Crippen MR) is 121 cm³/mol. The van der Waals surface area contributed by atoms with Gasteiger partial charge in [-0.2, -0.15) is 0 Å². The Hall–Kier alpha value is -3.02. The van der Waals surface area contributed by atoms with Gasteiger partial charge in [0.15, 0.2) is 0 Å². The fourth-order valence-electron chi connectivity index (χ4n) is 4.50. The molecule has 4 rings (SSSR count). The third-order valence-electron chi connectivity index (χ3n) is 6.18. The van der Waals surface area contributed by atoms with Gasteiger partial charge < -0.3 is 19.9 Å². The molecule has 0 bridgehead atoms. The van der Waals surface area contributed by atoms with Crippen molar-refractivity contribution in [2.75, 3.05) is 31.1 Å². The molecule has 1 N–H and O–H groups in total. The molecule has 0 saturated carbocycles. The maximum Gasteiger partial charge on any atom is 0.317 e. The number of nitrogens with zero attached hydrogens (tertiary/aromatic N) is 2. The van der Waals surface area contributed by atoms with Crippen molar-refractivity contribution in [2.24, 2.45) is 5.92 Å². The quantitative estimate of drug-likeness (QED) is 0.771. The van der Waals surface area contributed by atoms with Crippen LogP contribution in [-0.2, 0) is 11.2 Å². The van der Waals surface area contributed by atoms with Gasteiger partial charge in [-0.1, -0.05) is 30.3 Å². The first-order valence-corrected chi connectivity index (χ1v) is 11.2. The molecular weight excluding hydrogens is 390 g/mol. The Morgan fingerprint density at radius 2 is 1.77 bits per heavy atom. The van der Waals surface area contributed by atoms with Gasteiger partial charge in [0.2, 0.25) is 5.91 Å². The number of amides is 3. The zero-order valence-electron chi connectivity index (χ0n) is 18.1. The zero-order chi connectivity index (χ0) is 21.6. The van der Waals surface area contributed by atoms with E-state index < -0.39 is 0 Å². The van der Waals surface area contributed by atoms with Crippen LogP contribution >= 0.6 is 0 Å². The Bertz CT molecular complexity index is 877. The first-order valence-electron chi connectivity index (χ1n) is 11.2. The van der Waals surface area contributed by atoms with Gasteiger partial charge in [0, 0.05) is 31.7 Å². The highest BCUT2D eigenvalue weighted by molar-refractivity contribution is 5.96. The Kier molecular flexibility index (Phi) is 6.75. The van der Waals surface area contributed by atoms with Crippen LogP contribution in [0.25, 0.3) is 0 Å². The number of nitrogens with one attached hydrogen (secondary N) is 1. The van der Waals surface area contributed by atoms with Crippen LogP contribution in [0.15, 0.2) is 54.6 Å². The first kappa shape index (κ1) is 21.2. The monoisotopic (exact) mass is 421 g/mol. The fourth-order valence-corrected chi connectivity index (χ4v) is 4.50. The van der Waals surface area contributed by atoms with Crippen LogP contribution in [0.1, 0.15) is 31.7 Å². The summed E-state index contributed by atoms with van der Waals surface area (Å²) in [5.74, 6) is 1.45. The molecule has 31 heavy (non-hydrogen) atoms. The zero-order valence-corrected chi connectivity index (χ0v) is 18.1. The molecule has 6 nitrogen and oxygen atoms in total. The Labute approximate surface area is 184 Å². The van der Waals surface area contributed by atoms with E-state index in [4.69, 9.17) is 4.74 Å². The molecule has 2 aliphatic rings. The van der Waals surface area contributed by atoms with Crippen molar-refractivity contribution in [3.8, 4) is 5.75 Å². The lowest BCUT2D eigenvalue weighted by Crippen LogP contribution is -2.48. The first-order chi connectivity index (χ1) is 15.1. The Morgan fingerprint density at radius 3 is 2.45 bits per heavy atom. The van der Waals surface area contributed by atoms with Crippen LogP contribution in [0.2, 0.25) is 0 Å². The van der Waals surface area contributed by atoms with E-state index in [1.807, 2.05) is 42.2 Å². The lowest BCUT2D eigenvalue weighted by molar-refractivity contribution is -0.117. The summed E-state index contributed by atoms with van der Waals surface area (Å²) in [6, 6.07) is 17.9. The van der Waals surface area contributed by atoms with Gasteiger partial charge in [-0.15, -0.1) is 0 Å². The maximum atomic E-state index is 12.8. The summed E-state index contributed by atoms with van der Waals surface area (Å²) in [6.45, 7) is 4.60. The molecule has 2 heterocycles. The van der Waals surface area contributed by atoms with Crippen LogP contribution in [0.4, 0.5) is 10.5 Å². The van der Waals surface area contributed by atoms with Crippen LogP contribution in [-0.4, -0.2) is 49.1 Å². The number of piperidine rings is 1.